The van der Waals surface area contributed by atoms with Crippen molar-refractivity contribution in [2.24, 2.45) is 0 Å². The summed E-state index contributed by atoms with van der Waals surface area (Å²) in [5, 5.41) is 9.48. The molecule has 1 aromatic rings. The maximum absolute atomic E-state index is 9.48. The third-order valence-corrected chi connectivity index (χ3v) is 3.91. The Bertz CT molecular complexity index is 458. The summed E-state index contributed by atoms with van der Waals surface area (Å²) in [6, 6.07) is 8.13. The molecule has 0 amide bonds. The van der Waals surface area contributed by atoms with Gasteiger partial charge in [0.1, 0.15) is 6.04 Å². The minimum Gasteiger partial charge on any atom is -0.301 e. The van der Waals surface area contributed by atoms with E-state index in [9.17, 15) is 5.26 Å². The highest BCUT2D eigenvalue weighted by molar-refractivity contribution is 5.19. The number of hydrogen-bond donors (Lipinski definition) is 0. The number of pyridine rings is 1. The van der Waals surface area contributed by atoms with Gasteiger partial charge in [-0.25, -0.2) is 0 Å². The maximum Gasteiger partial charge on any atom is 0.141 e. The number of hydrogen-bond acceptors (Lipinski definition) is 4. The molecule has 1 aromatic heterocycles. The van der Waals surface area contributed by atoms with Crippen LogP contribution in [0.3, 0.4) is 0 Å². The Balaban J connectivity index is 1.96. The average Bonchev–Trinajstić information content (AvgIpc) is 2.47. The van der Waals surface area contributed by atoms with E-state index in [1.807, 2.05) is 25.1 Å². The summed E-state index contributed by atoms with van der Waals surface area (Å²) >= 11 is 0. The van der Waals surface area contributed by atoms with E-state index >= 15 is 0 Å². The van der Waals surface area contributed by atoms with Crippen LogP contribution in [0.15, 0.2) is 18.2 Å². The second kappa shape index (κ2) is 7.37. The van der Waals surface area contributed by atoms with Crippen LogP contribution in [0.4, 0.5) is 0 Å². The molecule has 0 radical (unpaired) electrons. The number of piperazine rings is 1. The Morgan fingerprint density at radius 1 is 1.30 bits per heavy atom. The molecule has 1 unspecified atom stereocenters. The molecule has 0 spiro atoms. The molecule has 1 aliphatic heterocycles. The van der Waals surface area contributed by atoms with Crippen LogP contribution in [-0.4, -0.2) is 47.5 Å². The first-order valence-corrected chi connectivity index (χ1v) is 7.54. The average molecular weight is 272 g/mol. The molecule has 4 nitrogen and oxygen atoms in total. The molecule has 2 heterocycles. The Kier molecular flexibility index (Phi) is 5.51. The summed E-state index contributed by atoms with van der Waals surface area (Å²) < 4.78 is 0. The van der Waals surface area contributed by atoms with E-state index in [-0.39, 0.29) is 6.04 Å². The third-order valence-electron chi connectivity index (χ3n) is 3.91. The van der Waals surface area contributed by atoms with E-state index < -0.39 is 0 Å². The van der Waals surface area contributed by atoms with Gasteiger partial charge in [0.05, 0.1) is 11.8 Å². The van der Waals surface area contributed by atoms with E-state index in [1.165, 1.54) is 19.4 Å². The van der Waals surface area contributed by atoms with Crippen molar-refractivity contribution in [3.8, 4) is 6.07 Å². The van der Waals surface area contributed by atoms with Gasteiger partial charge < -0.3 is 4.90 Å². The zero-order valence-electron chi connectivity index (χ0n) is 12.5. The molecular formula is C16H24N4. The molecule has 0 bridgehead atoms. The highest BCUT2D eigenvalue weighted by Gasteiger charge is 2.25. The predicted molar refractivity (Wildman–Crippen MR) is 80.2 cm³/mol. The molecule has 2 rings (SSSR count). The third kappa shape index (κ3) is 3.78. The van der Waals surface area contributed by atoms with E-state index in [2.05, 4.69) is 27.8 Å². The second-order valence-corrected chi connectivity index (χ2v) is 5.47. The molecule has 1 atom stereocenters. The molecule has 1 aliphatic rings. The minimum absolute atomic E-state index is 0.205. The van der Waals surface area contributed by atoms with Crippen LogP contribution in [0.25, 0.3) is 0 Å². The van der Waals surface area contributed by atoms with Gasteiger partial charge in [-0.3, -0.25) is 9.88 Å². The lowest BCUT2D eigenvalue weighted by molar-refractivity contribution is 0.112. The monoisotopic (exact) mass is 272 g/mol. The van der Waals surface area contributed by atoms with Crippen molar-refractivity contribution >= 4 is 0 Å². The molecule has 1 saturated heterocycles. The van der Waals surface area contributed by atoms with Gasteiger partial charge in [0.15, 0.2) is 0 Å². The maximum atomic E-state index is 9.48. The normalized spacial score (nSPS) is 18.6. The van der Waals surface area contributed by atoms with Crippen LogP contribution in [0, 0.1) is 18.3 Å². The van der Waals surface area contributed by atoms with Crippen molar-refractivity contribution < 1.29 is 0 Å². The van der Waals surface area contributed by atoms with Crippen LogP contribution in [0.5, 0.6) is 0 Å². The Morgan fingerprint density at radius 2 is 2.05 bits per heavy atom. The minimum atomic E-state index is -0.205. The summed E-state index contributed by atoms with van der Waals surface area (Å²) in [5.41, 5.74) is 1.86. The molecule has 20 heavy (non-hydrogen) atoms. The summed E-state index contributed by atoms with van der Waals surface area (Å²) in [5.74, 6) is 0. The quantitative estimate of drug-likeness (QED) is 0.825. The van der Waals surface area contributed by atoms with Crippen molar-refractivity contribution in [2.45, 2.75) is 32.7 Å². The molecular weight excluding hydrogens is 248 g/mol. The fourth-order valence-corrected chi connectivity index (χ4v) is 2.68. The van der Waals surface area contributed by atoms with Gasteiger partial charge in [-0.2, -0.15) is 5.26 Å². The summed E-state index contributed by atoms with van der Waals surface area (Å²) in [4.78, 5) is 9.26. The van der Waals surface area contributed by atoms with Crippen molar-refractivity contribution in [3.05, 3.63) is 29.6 Å². The molecule has 108 valence electrons. The zero-order valence-corrected chi connectivity index (χ0v) is 12.5. The van der Waals surface area contributed by atoms with Crippen LogP contribution in [0.1, 0.15) is 37.2 Å². The lowest BCUT2D eigenvalue weighted by Crippen LogP contribution is -2.47. The lowest BCUT2D eigenvalue weighted by atomic mass is 10.1. The van der Waals surface area contributed by atoms with Gasteiger partial charge in [0.25, 0.3) is 0 Å². The number of nitriles is 1. The summed E-state index contributed by atoms with van der Waals surface area (Å²) in [6.07, 6.45) is 2.51. The van der Waals surface area contributed by atoms with Crippen LogP contribution in [-0.2, 0) is 0 Å². The molecule has 1 fully saturated rings. The van der Waals surface area contributed by atoms with Crippen molar-refractivity contribution in [3.63, 3.8) is 0 Å². The fraction of sp³-hybridized carbons (Fsp3) is 0.625. The number of nitrogens with zero attached hydrogens (tertiary/aromatic N) is 4. The van der Waals surface area contributed by atoms with Crippen LogP contribution >= 0.6 is 0 Å². The number of aryl methyl sites for hydroxylation is 1. The van der Waals surface area contributed by atoms with Gasteiger partial charge in [-0.05, 0) is 32.0 Å². The smallest absolute Gasteiger partial charge is 0.141 e. The van der Waals surface area contributed by atoms with Crippen molar-refractivity contribution in [1.29, 1.82) is 5.26 Å². The van der Waals surface area contributed by atoms with Crippen molar-refractivity contribution in [2.75, 3.05) is 32.7 Å². The van der Waals surface area contributed by atoms with Crippen LogP contribution in [0.2, 0.25) is 0 Å². The predicted octanol–water partition coefficient (Wildman–Crippen LogP) is 2.37. The number of unbranched alkanes of at least 4 members (excludes halogenated alkanes) is 1. The highest BCUT2D eigenvalue weighted by atomic mass is 15.3. The standard InChI is InChI=1S/C16H24N4/c1-3-4-8-19-9-11-20(12-10-19)16(13-17)15-7-5-6-14(2)18-15/h5-7,16H,3-4,8-12H2,1-2H3. The lowest BCUT2D eigenvalue weighted by Gasteiger charge is -2.36. The molecule has 0 aromatic carbocycles. The Hall–Kier alpha value is -1.44. The topological polar surface area (TPSA) is 43.2 Å². The first-order chi connectivity index (χ1) is 9.74. The van der Waals surface area contributed by atoms with Gasteiger partial charge in [-0.1, -0.05) is 19.4 Å². The highest BCUT2D eigenvalue weighted by Crippen LogP contribution is 2.20. The first-order valence-electron chi connectivity index (χ1n) is 7.54. The largest absolute Gasteiger partial charge is 0.301 e. The second-order valence-electron chi connectivity index (χ2n) is 5.47. The van der Waals surface area contributed by atoms with E-state index in [0.29, 0.717) is 0 Å². The number of rotatable bonds is 5. The first kappa shape index (κ1) is 15.0. The van der Waals surface area contributed by atoms with Gasteiger partial charge in [-0.15, -0.1) is 0 Å². The summed E-state index contributed by atoms with van der Waals surface area (Å²) in [7, 11) is 0. The number of aromatic nitrogens is 1. The van der Waals surface area contributed by atoms with E-state index in [4.69, 9.17) is 0 Å². The summed E-state index contributed by atoms with van der Waals surface area (Å²) in [6.45, 7) is 9.42. The molecule has 0 aliphatic carbocycles. The van der Waals surface area contributed by atoms with Gasteiger partial charge in [0, 0.05) is 31.9 Å². The fourth-order valence-electron chi connectivity index (χ4n) is 2.68. The molecule has 0 saturated carbocycles. The zero-order chi connectivity index (χ0) is 14.4. The van der Waals surface area contributed by atoms with Gasteiger partial charge in [0.2, 0.25) is 0 Å². The SMILES string of the molecule is CCCCN1CCN(C(C#N)c2cccc(C)n2)CC1. The van der Waals surface area contributed by atoms with E-state index in [1.54, 1.807) is 0 Å². The molecule has 4 heteroatoms. The molecule has 0 N–H and O–H groups in total. The Labute approximate surface area is 122 Å². The van der Waals surface area contributed by atoms with Crippen LogP contribution < -0.4 is 0 Å². The Morgan fingerprint density at radius 3 is 2.65 bits per heavy atom. The van der Waals surface area contributed by atoms with Gasteiger partial charge >= 0.3 is 0 Å². The van der Waals surface area contributed by atoms with Crippen molar-refractivity contribution in [1.82, 2.24) is 14.8 Å². The van der Waals surface area contributed by atoms with E-state index in [0.717, 1.165) is 37.6 Å².